The van der Waals surface area contributed by atoms with Gasteiger partial charge in [-0.25, -0.2) is 19.2 Å². The van der Waals surface area contributed by atoms with Gasteiger partial charge in [0.15, 0.2) is 10.7 Å². The Hall–Kier alpha value is -2.27. The Kier molecular flexibility index (Phi) is 3.55. The van der Waals surface area contributed by atoms with E-state index < -0.39 is 5.63 Å². The van der Waals surface area contributed by atoms with Crippen LogP contribution < -0.4 is 5.63 Å². The van der Waals surface area contributed by atoms with Crippen molar-refractivity contribution >= 4 is 27.9 Å². The molecule has 7 nitrogen and oxygen atoms in total. The molecule has 0 aliphatic carbocycles. The van der Waals surface area contributed by atoms with E-state index in [0.717, 1.165) is 11.5 Å². The highest BCUT2D eigenvalue weighted by Crippen LogP contribution is 2.37. The van der Waals surface area contributed by atoms with Gasteiger partial charge in [-0.15, -0.1) is 10.2 Å². The molecule has 0 bridgehead atoms. The van der Waals surface area contributed by atoms with Crippen molar-refractivity contribution in [1.82, 2.24) is 9.53 Å². The highest BCUT2D eigenvalue weighted by molar-refractivity contribution is 7.10. The second-order valence-electron chi connectivity index (χ2n) is 5.20. The maximum atomic E-state index is 11.6. The first kappa shape index (κ1) is 14.1. The lowest BCUT2D eigenvalue weighted by Crippen LogP contribution is -2.12. The molecule has 0 unspecified atom stereocenters. The van der Waals surface area contributed by atoms with Gasteiger partial charge in [-0.2, -0.15) is 0 Å². The maximum Gasteiger partial charge on any atom is 0.384 e. The lowest BCUT2D eigenvalue weighted by Gasteiger charge is -2.14. The second kappa shape index (κ2) is 5.02. The van der Waals surface area contributed by atoms with Crippen LogP contribution in [-0.4, -0.2) is 9.53 Å². The molecule has 0 amide bonds. The molecule has 0 atom stereocenters. The smallest absolute Gasteiger partial charge is 0.336 e. The van der Waals surface area contributed by atoms with Crippen LogP contribution in [0.2, 0.25) is 0 Å². The van der Waals surface area contributed by atoms with Gasteiger partial charge in [0.2, 0.25) is 5.69 Å². The van der Waals surface area contributed by atoms with Crippen molar-refractivity contribution in [1.29, 1.82) is 0 Å². The topological polar surface area (TPSA) is 88.0 Å². The highest BCUT2D eigenvalue weighted by Gasteiger charge is 2.24. The number of hydrogen-bond acceptors (Lipinski definition) is 6. The molecule has 2 aromatic heterocycles. The summed E-state index contributed by atoms with van der Waals surface area (Å²) in [5.74, 6) is 0. The van der Waals surface area contributed by atoms with Crippen molar-refractivity contribution in [2.45, 2.75) is 33.1 Å². The number of aryl methyl sites for hydroxylation is 1. The summed E-state index contributed by atoms with van der Waals surface area (Å²) in [6, 6.07) is 0. The van der Waals surface area contributed by atoms with Gasteiger partial charge in [-0.3, -0.25) is 0 Å². The number of aromatic nitrogens is 2. The van der Waals surface area contributed by atoms with Crippen LogP contribution in [0, 0.1) is 13.5 Å². The molecule has 0 aliphatic rings. The normalized spacial score (nSPS) is 11.9. The number of aromatic amines is 1. The second-order valence-corrected chi connectivity index (χ2v) is 5.95. The van der Waals surface area contributed by atoms with Crippen LogP contribution in [0.5, 0.6) is 0 Å². The fraction of sp³-hybridized carbons (Fsp3) is 0.417. The molecule has 2 rings (SSSR count). The van der Waals surface area contributed by atoms with Gasteiger partial charge >= 0.3 is 5.63 Å². The molecule has 0 radical (unpaired) electrons. The van der Waals surface area contributed by atoms with Gasteiger partial charge in [0.1, 0.15) is 0 Å². The zero-order chi connectivity index (χ0) is 14.9. The third-order valence-electron chi connectivity index (χ3n) is 2.59. The molecule has 1 N–H and O–H groups in total. The predicted molar refractivity (Wildman–Crippen MR) is 75.3 cm³/mol. The Bertz CT molecular complexity index is 754. The van der Waals surface area contributed by atoms with E-state index in [2.05, 4.69) is 24.6 Å². The predicted octanol–water partition coefficient (Wildman–Crippen LogP) is 4.00. The maximum absolute atomic E-state index is 11.6. The summed E-state index contributed by atoms with van der Waals surface area (Å²) in [6.07, 6.45) is 0. The molecule has 2 aromatic rings. The van der Waals surface area contributed by atoms with Crippen LogP contribution in [0.15, 0.2) is 19.5 Å². The van der Waals surface area contributed by atoms with Crippen LogP contribution in [0.3, 0.4) is 0 Å². The van der Waals surface area contributed by atoms with Crippen molar-refractivity contribution in [2.24, 2.45) is 10.2 Å². The monoisotopic (exact) mass is 291 g/mol. The van der Waals surface area contributed by atoms with Gasteiger partial charge in [-0.1, -0.05) is 20.8 Å². The lowest BCUT2D eigenvalue weighted by atomic mass is 9.91. The average Bonchev–Trinajstić information content (AvgIpc) is 2.89. The first-order valence-electron chi connectivity index (χ1n) is 5.82. The Balaban J connectivity index is 2.45. The molecule has 0 aliphatic heterocycles. The summed E-state index contributed by atoms with van der Waals surface area (Å²) in [4.78, 5) is 15.0. The van der Waals surface area contributed by atoms with E-state index in [0.29, 0.717) is 22.1 Å². The third-order valence-corrected chi connectivity index (χ3v) is 3.41. The molecular weight excluding hydrogens is 278 g/mol. The Morgan fingerprint density at radius 2 is 2.10 bits per heavy atom. The van der Waals surface area contributed by atoms with E-state index in [1.165, 1.54) is 0 Å². The molecule has 0 saturated carbocycles. The lowest BCUT2D eigenvalue weighted by molar-refractivity contribution is 0.370. The minimum atomic E-state index is -0.579. The van der Waals surface area contributed by atoms with Crippen LogP contribution in [0.4, 0.5) is 16.4 Å². The van der Waals surface area contributed by atoms with Crippen molar-refractivity contribution in [3.63, 3.8) is 0 Å². The zero-order valence-corrected chi connectivity index (χ0v) is 12.3. The van der Waals surface area contributed by atoms with Crippen LogP contribution in [-0.2, 0) is 5.41 Å². The van der Waals surface area contributed by atoms with Crippen LogP contribution in [0.1, 0.15) is 32.2 Å². The Morgan fingerprint density at radius 1 is 1.40 bits per heavy atom. The number of H-pyrrole nitrogens is 1. The molecule has 104 valence electrons. The summed E-state index contributed by atoms with van der Waals surface area (Å²) >= 11 is 1.07. The van der Waals surface area contributed by atoms with Gasteiger partial charge in [0, 0.05) is 5.41 Å². The Morgan fingerprint density at radius 3 is 2.70 bits per heavy atom. The summed E-state index contributed by atoms with van der Waals surface area (Å²) in [6.45, 7) is 14.6. The molecule has 8 heteroatoms. The number of nitrogens with one attached hydrogen (secondary N) is 1. The quantitative estimate of drug-likeness (QED) is 0.670. The minimum absolute atomic E-state index is 0.125. The molecule has 0 aromatic carbocycles. The van der Waals surface area contributed by atoms with Crippen molar-refractivity contribution in [3.05, 3.63) is 33.2 Å². The van der Waals surface area contributed by atoms with Gasteiger partial charge < -0.3 is 4.52 Å². The third kappa shape index (κ3) is 2.53. The number of azo groups is 1. The Labute approximate surface area is 119 Å². The largest absolute Gasteiger partial charge is 0.384 e. The van der Waals surface area contributed by atoms with E-state index in [1.807, 2.05) is 20.8 Å². The van der Waals surface area contributed by atoms with E-state index in [-0.39, 0.29) is 11.1 Å². The number of nitrogens with zero attached hydrogens (tertiary/aromatic N) is 4. The summed E-state index contributed by atoms with van der Waals surface area (Å²) < 4.78 is 8.81. The molecule has 0 fully saturated rings. The minimum Gasteiger partial charge on any atom is -0.336 e. The molecule has 2 heterocycles. The van der Waals surface area contributed by atoms with Crippen LogP contribution in [0.25, 0.3) is 4.85 Å². The first-order valence-corrected chi connectivity index (χ1v) is 6.59. The van der Waals surface area contributed by atoms with Gasteiger partial charge in [0.25, 0.3) is 0 Å². The van der Waals surface area contributed by atoms with Crippen LogP contribution >= 0.6 is 11.5 Å². The van der Waals surface area contributed by atoms with E-state index in [4.69, 9.17) is 11.1 Å². The van der Waals surface area contributed by atoms with Crippen molar-refractivity contribution in [3.8, 4) is 0 Å². The summed E-state index contributed by atoms with van der Waals surface area (Å²) in [5, 5.41) is 10.9. The summed E-state index contributed by atoms with van der Waals surface area (Å²) in [7, 11) is 0. The number of rotatable bonds is 2. The standard InChI is InChI=1S/C12H13N5O2S/c1-6-7(13-5)10(20-17-6)15-14-8-9(12(2,3)4)16-19-11(8)18/h16H,1-4H3. The van der Waals surface area contributed by atoms with Gasteiger partial charge in [-0.05, 0) is 18.5 Å². The fourth-order valence-electron chi connectivity index (χ4n) is 1.54. The SMILES string of the molecule is [C-]#[N+]c1c(C)nsc1N=Nc1c(C(C)(C)C)[nH]oc1=O. The first-order chi connectivity index (χ1) is 9.34. The van der Waals surface area contributed by atoms with Crippen molar-refractivity contribution < 1.29 is 4.52 Å². The average molecular weight is 291 g/mol. The van der Waals surface area contributed by atoms with E-state index >= 15 is 0 Å². The van der Waals surface area contributed by atoms with Crippen molar-refractivity contribution in [2.75, 3.05) is 0 Å². The van der Waals surface area contributed by atoms with E-state index in [9.17, 15) is 4.79 Å². The molecule has 0 saturated heterocycles. The number of hydrogen-bond donors (Lipinski definition) is 1. The molecule has 20 heavy (non-hydrogen) atoms. The summed E-state index contributed by atoms with van der Waals surface area (Å²) in [5.41, 5.74) is 0.750. The van der Waals surface area contributed by atoms with Gasteiger partial charge in [0.05, 0.1) is 18.0 Å². The molecule has 0 spiro atoms. The highest BCUT2D eigenvalue weighted by atomic mass is 32.1. The zero-order valence-electron chi connectivity index (χ0n) is 11.5. The van der Waals surface area contributed by atoms with E-state index in [1.54, 1.807) is 6.92 Å². The fourth-order valence-corrected chi connectivity index (χ4v) is 2.20. The molecular formula is C12H13N5O2S.